The first-order chi connectivity index (χ1) is 21.8. The molecule has 3 aliphatic rings. The van der Waals surface area contributed by atoms with Gasteiger partial charge in [0.05, 0.1) is 35.0 Å². The number of carbonyl (C=O) groups excluding carboxylic acids is 3. The lowest BCUT2D eigenvalue weighted by Crippen LogP contribution is -2.55. The van der Waals surface area contributed by atoms with Gasteiger partial charge in [0.2, 0.25) is 11.6 Å². The van der Waals surface area contributed by atoms with Crippen molar-refractivity contribution in [2.24, 2.45) is 0 Å². The van der Waals surface area contributed by atoms with Crippen molar-refractivity contribution in [3.63, 3.8) is 0 Å². The van der Waals surface area contributed by atoms with Crippen LogP contribution in [0.25, 0.3) is 11.1 Å². The highest BCUT2D eigenvalue weighted by Gasteiger charge is 2.48. The van der Waals surface area contributed by atoms with Gasteiger partial charge < -0.3 is 40.5 Å². The molecule has 0 unspecified atom stereocenters. The van der Waals surface area contributed by atoms with Crippen molar-refractivity contribution < 1.29 is 54.9 Å². The molecule has 46 heavy (non-hydrogen) atoms. The van der Waals surface area contributed by atoms with E-state index < -0.39 is 64.9 Å². The summed E-state index contributed by atoms with van der Waals surface area (Å²) >= 11 is 0. The number of fused-ring (bicyclic) bond motifs is 4. The number of aliphatic hydroxyl groups excluding tert-OH is 3. The fourth-order valence-electron chi connectivity index (χ4n) is 7.19. The van der Waals surface area contributed by atoms with Gasteiger partial charge in [-0.2, -0.15) is 0 Å². The minimum Gasteiger partial charge on any atom is -0.507 e. The minimum atomic E-state index is -1.61. The molecule has 1 aliphatic heterocycles. The smallest absolute Gasteiger partial charge is 0.201 e. The number of aromatic hydroxyl groups is 4. The fraction of sp³-hybridized carbons (Fsp3) is 0.229. The zero-order chi connectivity index (χ0) is 32.9. The number of aryl methyl sites for hydroxylation is 2. The second-order valence-electron chi connectivity index (χ2n) is 12.0. The maximum atomic E-state index is 14.1. The Morgan fingerprint density at radius 2 is 1.33 bits per heavy atom. The Morgan fingerprint density at radius 3 is 2.07 bits per heavy atom. The first-order valence-electron chi connectivity index (χ1n) is 14.5. The molecule has 0 spiro atoms. The van der Waals surface area contributed by atoms with E-state index in [0.29, 0.717) is 5.56 Å². The zero-order valence-corrected chi connectivity index (χ0v) is 24.5. The van der Waals surface area contributed by atoms with Gasteiger partial charge in [-0.3, -0.25) is 14.4 Å². The molecular weight excluding hydrogens is 596 g/mol. The van der Waals surface area contributed by atoms with E-state index >= 15 is 0 Å². The summed E-state index contributed by atoms with van der Waals surface area (Å²) < 4.78 is 5.81. The summed E-state index contributed by atoms with van der Waals surface area (Å²) in [6.07, 6.45) is -5.76. The van der Waals surface area contributed by atoms with Gasteiger partial charge >= 0.3 is 0 Å². The van der Waals surface area contributed by atoms with Gasteiger partial charge in [0, 0.05) is 28.2 Å². The van der Waals surface area contributed by atoms with Gasteiger partial charge in [0.25, 0.3) is 0 Å². The molecule has 0 saturated carbocycles. The average Bonchev–Trinajstić information content (AvgIpc) is 2.99. The molecule has 0 radical (unpaired) electrons. The van der Waals surface area contributed by atoms with Crippen molar-refractivity contribution in [3.8, 4) is 34.1 Å². The summed E-state index contributed by atoms with van der Waals surface area (Å²) in [4.78, 5) is 41.6. The zero-order valence-electron chi connectivity index (χ0n) is 24.5. The summed E-state index contributed by atoms with van der Waals surface area (Å²) in [7, 11) is 0. The fourth-order valence-corrected chi connectivity index (χ4v) is 7.19. The van der Waals surface area contributed by atoms with Gasteiger partial charge in [-0.25, -0.2) is 0 Å². The Labute approximate surface area is 261 Å². The molecule has 5 atom stereocenters. The SMILES string of the molecule is Cc1cc(O)c2c(c1)[C@H]([C@@H]1OC[C@@H](O)[C@H](O)[C@H]1O)c1ccc(-c3c(C)cc(O)c4c3C(=O)c3cccc(O)c3C4=O)c(O)c1C2=O. The van der Waals surface area contributed by atoms with Crippen molar-refractivity contribution in [2.45, 2.75) is 44.2 Å². The van der Waals surface area contributed by atoms with Crippen LogP contribution in [0.15, 0.2) is 48.5 Å². The number of rotatable bonds is 2. The molecule has 1 saturated heterocycles. The highest BCUT2D eigenvalue weighted by Crippen LogP contribution is 2.51. The molecule has 4 aromatic rings. The molecule has 2 aliphatic carbocycles. The van der Waals surface area contributed by atoms with Crippen LogP contribution in [0, 0.1) is 13.8 Å². The summed E-state index contributed by atoms with van der Waals surface area (Å²) in [5.74, 6) is -5.17. The van der Waals surface area contributed by atoms with E-state index in [4.69, 9.17) is 4.74 Å². The van der Waals surface area contributed by atoms with E-state index in [2.05, 4.69) is 0 Å². The Kier molecular flexibility index (Phi) is 6.59. The van der Waals surface area contributed by atoms with E-state index in [0.717, 1.165) is 0 Å². The highest BCUT2D eigenvalue weighted by molar-refractivity contribution is 6.32. The largest absolute Gasteiger partial charge is 0.507 e. The number of carbonyl (C=O) groups is 3. The first kappa shape index (κ1) is 29.6. The number of benzene rings is 4. The second kappa shape index (κ2) is 10.2. The van der Waals surface area contributed by atoms with E-state index in [9.17, 15) is 50.1 Å². The maximum Gasteiger partial charge on any atom is 0.201 e. The van der Waals surface area contributed by atoms with Crippen LogP contribution in [0.4, 0.5) is 0 Å². The topological polar surface area (TPSA) is 202 Å². The Morgan fingerprint density at radius 1 is 0.630 bits per heavy atom. The van der Waals surface area contributed by atoms with Gasteiger partial charge in [-0.15, -0.1) is 0 Å². The number of phenols is 4. The molecule has 11 nitrogen and oxygen atoms in total. The summed E-state index contributed by atoms with van der Waals surface area (Å²) in [6.45, 7) is 2.92. The molecule has 0 amide bonds. The number of ether oxygens (including phenoxy) is 1. The third-order valence-electron chi connectivity index (χ3n) is 9.24. The van der Waals surface area contributed by atoms with E-state index in [-0.39, 0.29) is 73.6 Å². The highest BCUT2D eigenvalue weighted by atomic mass is 16.5. The summed E-state index contributed by atoms with van der Waals surface area (Å²) in [5, 5.41) is 75.7. The van der Waals surface area contributed by atoms with Crippen molar-refractivity contribution in [2.75, 3.05) is 6.61 Å². The third-order valence-corrected chi connectivity index (χ3v) is 9.24. The first-order valence-corrected chi connectivity index (χ1v) is 14.5. The minimum absolute atomic E-state index is 0.0278. The van der Waals surface area contributed by atoms with E-state index in [1.807, 2.05) is 0 Å². The van der Waals surface area contributed by atoms with Gasteiger partial charge in [0.15, 0.2) is 5.78 Å². The number of ketones is 3. The van der Waals surface area contributed by atoms with Gasteiger partial charge in [-0.1, -0.05) is 30.3 Å². The Balaban J connectivity index is 1.49. The van der Waals surface area contributed by atoms with Crippen LogP contribution in [-0.4, -0.2) is 84.1 Å². The Hall–Kier alpha value is -5.07. The Bertz CT molecular complexity index is 2050. The van der Waals surface area contributed by atoms with Crippen LogP contribution in [-0.2, 0) is 4.74 Å². The maximum absolute atomic E-state index is 14.1. The molecule has 234 valence electrons. The second-order valence-corrected chi connectivity index (χ2v) is 12.0. The molecule has 4 aromatic carbocycles. The third kappa shape index (κ3) is 3.96. The normalized spacial score (nSPS) is 23.4. The van der Waals surface area contributed by atoms with Crippen LogP contribution >= 0.6 is 0 Å². The van der Waals surface area contributed by atoms with Gasteiger partial charge in [0.1, 0.15) is 41.3 Å². The van der Waals surface area contributed by atoms with Crippen molar-refractivity contribution >= 4 is 17.3 Å². The van der Waals surface area contributed by atoms with Crippen LogP contribution in [0.1, 0.15) is 75.9 Å². The van der Waals surface area contributed by atoms with E-state index in [1.165, 1.54) is 42.5 Å². The number of phenolic OH excluding ortho intramolecular Hbond substituents is 4. The number of hydrogen-bond donors (Lipinski definition) is 7. The lowest BCUT2D eigenvalue weighted by atomic mass is 9.70. The quantitative estimate of drug-likeness (QED) is 0.152. The molecular formula is C35H28O11. The summed E-state index contributed by atoms with van der Waals surface area (Å²) in [5.41, 5.74) is 0.00736. The average molecular weight is 625 g/mol. The monoisotopic (exact) mass is 624 g/mol. The molecule has 7 N–H and O–H groups in total. The molecule has 1 heterocycles. The van der Waals surface area contributed by atoms with Crippen LogP contribution < -0.4 is 0 Å². The van der Waals surface area contributed by atoms with Crippen LogP contribution in [0.3, 0.4) is 0 Å². The lowest BCUT2D eigenvalue weighted by Gasteiger charge is -2.42. The molecule has 0 bridgehead atoms. The van der Waals surface area contributed by atoms with Gasteiger partial charge in [-0.05, 0) is 54.3 Å². The number of aliphatic hydroxyl groups is 3. The van der Waals surface area contributed by atoms with Crippen molar-refractivity contribution in [1.82, 2.24) is 0 Å². The number of hydrogen-bond acceptors (Lipinski definition) is 11. The summed E-state index contributed by atoms with van der Waals surface area (Å²) in [6, 6.07) is 11.2. The standard InChI is InChI=1S/C35H28O11/c1-12-8-17-23(35-34(45)31(42)21(39)11-46-35)14-6-7-16(29(40)26(14)32(43)25(17)19(37)9-12)22-13(2)10-20(38)27-28(22)30(41)15-4-3-5-18(36)24(15)33(27)44/h3-10,21,23,31,34-40,42,45H,11H2,1-2H3/t21-,23-,31+,34-,35+/m1/s1. The predicted molar refractivity (Wildman–Crippen MR) is 161 cm³/mol. The van der Waals surface area contributed by atoms with Crippen LogP contribution in [0.5, 0.6) is 23.0 Å². The lowest BCUT2D eigenvalue weighted by molar-refractivity contribution is -0.190. The van der Waals surface area contributed by atoms with Crippen molar-refractivity contribution in [3.05, 3.63) is 104 Å². The van der Waals surface area contributed by atoms with Crippen molar-refractivity contribution in [1.29, 1.82) is 0 Å². The van der Waals surface area contributed by atoms with E-state index in [1.54, 1.807) is 19.9 Å². The molecule has 7 rings (SSSR count). The van der Waals surface area contributed by atoms with Crippen LogP contribution in [0.2, 0.25) is 0 Å². The predicted octanol–water partition coefficient (Wildman–Crippen LogP) is 2.73. The molecule has 0 aromatic heterocycles. The molecule has 1 fully saturated rings. The molecule has 11 heteroatoms.